The molecular formula is C16H21N3O2. The van der Waals surface area contributed by atoms with E-state index in [-0.39, 0.29) is 11.8 Å². The van der Waals surface area contributed by atoms with E-state index in [0.717, 1.165) is 24.3 Å². The lowest BCUT2D eigenvalue weighted by molar-refractivity contribution is -0.115. The average molecular weight is 287 g/mol. The van der Waals surface area contributed by atoms with Crippen LogP contribution in [0, 0.1) is 0 Å². The predicted molar refractivity (Wildman–Crippen MR) is 81.4 cm³/mol. The van der Waals surface area contributed by atoms with E-state index in [4.69, 9.17) is 0 Å². The molecule has 5 heteroatoms. The van der Waals surface area contributed by atoms with Gasteiger partial charge in [-0.2, -0.15) is 0 Å². The van der Waals surface area contributed by atoms with Crippen LogP contribution in [0.25, 0.3) is 0 Å². The van der Waals surface area contributed by atoms with Crippen molar-refractivity contribution < 1.29 is 9.59 Å². The van der Waals surface area contributed by atoms with Crippen molar-refractivity contribution in [2.45, 2.75) is 32.2 Å². The summed E-state index contributed by atoms with van der Waals surface area (Å²) in [5.41, 5.74) is 2.33. The summed E-state index contributed by atoms with van der Waals surface area (Å²) >= 11 is 0. The van der Waals surface area contributed by atoms with E-state index >= 15 is 0 Å². The van der Waals surface area contributed by atoms with E-state index in [9.17, 15) is 9.59 Å². The molecule has 2 aliphatic heterocycles. The molecule has 1 aromatic carbocycles. The highest BCUT2D eigenvalue weighted by molar-refractivity contribution is 6.02. The van der Waals surface area contributed by atoms with Gasteiger partial charge in [-0.1, -0.05) is 6.07 Å². The molecule has 0 saturated carbocycles. The van der Waals surface area contributed by atoms with Crippen molar-refractivity contribution in [1.82, 2.24) is 10.2 Å². The number of carbonyl (C=O) groups excluding carboxylic acids is 2. The zero-order valence-corrected chi connectivity index (χ0v) is 12.3. The Bertz CT molecular complexity index is 565. The van der Waals surface area contributed by atoms with Gasteiger partial charge in [-0.25, -0.2) is 0 Å². The number of benzene rings is 1. The number of anilines is 1. The number of carbonyl (C=O) groups is 2. The van der Waals surface area contributed by atoms with E-state index in [1.807, 2.05) is 6.07 Å². The molecule has 1 saturated heterocycles. The van der Waals surface area contributed by atoms with Crippen LogP contribution in [0.1, 0.15) is 35.7 Å². The smallest absolute Gasteiger partial charge is 0.251 e. The lowest BCUT2D eigenvalue weighted by atomic mass is 10.1. The van der Waals surface area contributed by atoms with Gasteiger partial charge in [0, 0.05) is 23.8 Å². The summed E-state index contributed by atoms with van der Waals surface area (Å²) in [4.78, 5) is 25.9. The van der Waals surface area contributed by atoms with Gasteiger partial charge >= 0.3 is 0 Å². The Morgan fingerprint density at radius 3 is 2.90 bits per heavy atom. The third kappa shape index (κ3) is 3.08. The van der Waals surface area contributed by atoms with Crippen molar-refractivity contribution in [3.63, 3.8) is 0 Å². The second kappa shape index (κ2) is 5.85. The number of nitrogens with zero attached hydrogens (tertiary/aromatic N) is 1. The molecule has 0 spiro atoms. The summed E-state index contributed by atoms with van der Waals surface area (Å²) in [6.07, 6.45) is 2.91. The molecule has 3 rings (SSSR count). The Balaban J connectivity index is 1.58. The van der Waals surface area contributed by atoms with Crippen LogP contribution in [-0.2, 0) is 11.2 Å². The number of fused-ring (bicyclic) bond motifs is 1. The Kier molecular flexibility index (Phi) is 3.92. The van der Waals surface area contributed by atoms with E-state index in [0.29, 0.717) is 24.6 Å². The highest BCUT2D eigenvalue weighted by atomic mass is 16.2. The van der Waals surface area contributed by atoms with Crippen molar-refractivity contribution in [1.29, 1.82) is 0 Å². The molecule has 1 atom stereocenters. The molecule has 0 bridgehead atoms. The molecule has 2 aliphatic rings. The van der Waals surface area contributed by atoms with Crippen LogP contribution in [0.15, 0.2) is 18.2 Å². The minimum absolute atomic E-state index is 0.00906. The summed E-state index contributed by atoms with van der Waals surface area (Å²) in [5.74, 6) is -0.0878. The summed E-state index contributed by atoms with van der Waals surface area (Å²) in [5, 5.41) is 5.76. The number of rotatable bonds is 4. The maximum absolute atomic E-state index is 12.2. The van der Waals surface area contributed by atoms with Crippen LogP contribution in [0.5, 0.6) is 0 Å². The maximum atomic E-state index is 12.2. The Morgan fingerprint density at radius 1 is 1.38 bits per heavy atom. The quantitative estimate of drug-likeness (QED) is 0.880. The third-order valence-corrected chi connectivity index (χ3v) is 4.32. The van der Waals surface area contributed by atoms with Crippen molar-refractivity contribution in [2.24, 2.45) is 0 Å². The van der Waals surface area contributed by atoms with Crippen LogP contribution in [0.4, 0.5) is 5.69 Å². The fourth-order valence-electron chi connectivity index (χ4n) is 3.01. The molecule has 5 nitrogen and oxygen atoms in total. The van der Waals surface area contributed by atoms with Crippen LogP contribution in [0.3, 0.4) is 0 Å². The molecule has 0 aromatic heterocycles. The van der Waals surface area contributed by atoms with Crippen molar-refractivity contribution >= 4 is 17.5 Å². The van der Waals surface area contributed by atoms with Gasteiger partial charge in [0.15, 0.2) is 0 Å². The maximum Gasteiger partial charge on any atom is 0.251 e. The summed E-state index contributed by atoms with van der Waals surface area (Å²) in [7, 11) is 0. The first-order valence-electron chi connectivity index (χ1n) is 7.58. The monoisotopic (exact) mass is 287 g/mol. The van der Waals surface area contributed by atoms with Crippen LogP contribution in [-0.4, -0.2) is 42.4 Å². The van der Waals surface area contributed by atoms with Crippen molar-refractivity contribution in [2.75, 3.05) is 25.0 Å². The van der Waals surface area contributed by atoms with Crippen LogP contribution >= 0.6 is 0 Å². The predicted octanol–water partition coefficient (Wildman–Crippen LogP) is 1.40. The molecule has 21 heavy (non-hydrogen) atoms. The second-order valence-electron chi connectivity index (χ2n) is 5.90. The topological polar surface area (TPSA) is 61.4 Å². The van der Waals surface area contributed by atoms with Crippen LogP contribution in [0.2, 0.25) is 0 Å². The molecule has 0 radical (unpaired) electrons. The molecule has 0 aliphatic carbocycles. The molecular weight excluding hydrogens is 266 g/mol. The minimum atomic E-state index is -0.0787. The Hall–Kier alpha value is -1.88. The fraction of sp³-hybridized carbons (Fsp3) is 0.500. The highest BCUT2D eigenvalue weighted by Gasteiger charge is 2.21. The number of amides is 2. The lowest BCUT2D eigenvalue weighted by Crippen LogP contribution is -2.40. The number of likely N-dealkylation sites (tertiary alicyclic amines) is 1. The molecule has 2 amide bonds. The number of hydrogen-bond acceptors (Lipinski definition) is 3. The van der Waals surface area contributed by atoms with Gasteiger partial charge in [0.25, 0.3) is 5.91 Å². The largest absolute Gasteiger partial charge is 0.350 e. The SMILES string of the molecule is CC(CNC(=O)c1ccc2c(c1)NC(=O)C2)N1CCCC1. The van der Waals surface area contributed by atoms with Gasteiger partial charge in [0.2, 0.25) is 5.91 Å². The zero-order chi connectivity index (χ0) is 14.8. The molecule has 1 aromatic rings. The molecule has 112 valence electrons. The molecule has 2 heterocycles. The van der Waals surface area contributed by atoms with E-state index in [1.54, 1.807) is 12.1 Å². The highest BCUT2D eigenvalue weighted by Crippen LogP contribution is 2.23. The standard InChI is InChI=1S/C16H21N3O2/c1-11(19-6-2-3-7-19)10-17-16(21)13-5-4-12-9-15(20)18-14(12)8-13/h4-5,8,11H,2-3,6-7,9-10H2,1H3,(H,17,21)(H,18,20). The van der Waals surface area contributed by atoms with Gasteiger partial charge in [0.1, 0.15) is 0 Å². The van der Waals surface area contributed by atoms with Gasteiger partial charge in [0.05, 0.1) is 6.42 Å². The Labute approximate surface area is 124 Å². The van der Waals surface area contributed by atoms with E-state index in [2.05, 4.69) is 22.5 Å². The van der Waals surface area contributed by atoms with E-state index < -0.39 is 0 Å². The summed E-state index contributed by atoms with van der Waals surface area (Å²) in [6, 6.07) is 5.77. The van der Waals surface area contributed by atoms with Gasteiger partial charge in [-0.05, 0) is 50.6 Å². The third-order valence-electron chi connectivity index (χ3n) is 4.32. The van der Waals surface area contributed by atoms with Crippen LogP contribution < -0.4 is 10.6 Å². The summed E-state index contributed by atoms with van der Waals surface area (Å²) in [6.45, 7) is 5.06. The first-order chi connectivity index (χ1) is 10.1. The fourth-order valence-corrected chi connectivity index (χ4v) is 3.01. The van der Waals surface area contributed by atoms with Crippen molar-refractivity contribution in [3.05, 3.63) is 29.3 Å². The number of nitrogens with one attached hydrogen (secondary N) is 2. The molecule has 1 fully saturated rings. The normalized spacial score (nSPS) is 19.2. The minimum Gasteiger partial charge on any atom is -0.350 e. The lowest BCUT2D eigenvalue weighted by Gasteiger charge is -2.23. The first-order valence-corrected chi connectivity index (χ1v) is 7.58. The van der Waals surface area contributed by atoms with Gasteiger partial charge in [-0.15, -0.1) is 0 Å². The first kappa shape index (κ1) is 14.1. The molecule has 2 N–H and O–H groups in total. The van der Waals surface area contributed by atoms with Crippen molar-refractivity contribution in [3.8, 4) is 0 Å². The average Bonchev–Trinajstić information content (AvgIpc) is 3.11. The second-order valence-corrected chi connectivity index (χ2v) is 5.90. The van der Waals surface area contributed by atoms with Gasteiger partial charge in [-0.3, -0.25) is 14.5 Å². The summed E-state index contributed by atoms with van der Waals surface area (Å²) < 4.78 is 0. The zero-order valence-electron chi connectivity index (χ0n) is 12.3. The Morgan fingerprint density at radius 2 is 2.14 bits per heavy atom. The van der Waals surface area contributed by atoms with Gasteiger partial charge < -0.3 is 10.6 Å². The number of hydrogen-bond donors (Lipinski definition) is 2. The molecule has 1 unspecified atom stereocenters. The van der Waals surface area contributed by atoms with E-state index in [1.165, 1.54) is 12.8 Å².